The van der Waals surface area contributed by atoms with Crippen LogP contribution in [0.5, 0.6) is 0 Å². The molecule has 11 heteroatoms. The van der Waals surface area contributed by atoms with Crippen LogP contribution in [0.1, 0.15) is 10.4 Å². The number of benzene rings is 2. The number of aromatic carboxylic acids is 1. The Morgan fingerprint density at radius 1 is 1.00 bits per heavy atom. The van der Waals surface area contributed by atoms with Gasteiger partial charge in [-0.3, -0.25) is 20.2 Å². The molecule has 0 aliphatic heterocycles. The molecule has 0 radical (unpaired) electrons. The highest BCUT2D eigenvalue weighted by molar-refractivity contribution is 5.90. The van der Waals surface area contributed by atoms with Gasteiger partial charge in [-0.15, -0.1) is 0 Å². The van der Waals surface area contributed by atoms with Gasteiger partial charge in [0.15, 0.2) is 0 Å². The third-order valence-corrected chi connectivity index (χ3v) is 3.34. The Labute approximate surface area is 146 Å². The van der Waals surface area contributed by atoms with Crippen LogP contribution in [0.3, 0.4) is 0 Å². The first-order valence-electron chi connectivity index (χ1n) is 7.25. The SMILES string of the molecule is O=C(O)c1ccc(Nc2ccc(NCCO)c([N+](=O)[O-])c2)c([N+](=O)[O-])c1. The molecule has 2 aromatic rings. The van der Waals surface area contributed by atoms with Crippen molar-refractivity contribution in [2.24, 2.45) is 0 Å². The van der Waals surface area contributed by atoms with Gasteiger partial charge in [-0.25, -0.2) is 4.79 Å². The highest BCUT2D eigenvalue weighted by atomic mass is 16.6. The standard InChI is InChI=1S/C15H14N4O7/c20-6-5-16-11-4-2-10(8-14(11)19(25)26)17-12-3-1-9(15(21)22)7-13(12)18(23)24/h1-4,7-8,16-17,20H,5-6H2,(H,21,22). The molecule has 0 amide bonds. The van der Waals surface area contributed by atoms with Gasteiger partial charge >= 0.3 is 5.97 Å². The third-order valence-electron chi connectivity index (χ3n) is 3.34. The van der Waals surface area contributed by atoms with Gasteiger partial charge in [0, 0.05) is 24.4 Å². The Hall–Kier alpha value is -3.73. The lowest BCUT2D eigenvalue weighted by molar-refractivity contribution is -0.384. The fourth-order valence-electron chi connectivity index (χ4n) is 2.18. The number of carboxylic acid groups (broad SMARTS) is 1. The number of nitrogens with zero attached hydrogens (tertiary/aromatic N) is 2. The molecule has 0 heterocycles. The van der Waals surface area contributed by atoms with Crippen LogP contribution < -0.4 is 10.6 Å². The molecular formula is C15H14N4O7. The van der Waals surface area contributed by atoms with E-state index < -0.39 is 21.5 Å². The summed E-state index contributed by atoms with van der Waals surface area (Å²) in [5, 5.41) is 45.5. The van der Waals surface area contributed by atoms with E-state index in [0.29, 0.717) is 0 Å². The smallest absolute Gasteiger partial charge is 0.335 e. The van der Waals surface area contributed by atoms with Crippen molar-refractivity contribution in [3.63, 3.8) is 0 Å². The molecule has 0 fully saturated rings. The van der Waals surface area contributed by atoms with E-state index in [0.717, 1.165) is 6.07 Å². The van der Waals surface area contributed by atoms with Gasteiger partial charge < -0.3 is 20.8 Å². The molecule has 0 saturated heterocycles. The summed E-state index contributed by atoms with van der Waals surface area (Å²) in [5.41, 5.74) is -0.631. The van der Waals surface area contributed by atoms with Crippen LogP contribution in [-0.4, -0.2) is 39.2 Å². The van der Waals surface area contributed by atoms with E-state index in [-0.39, 0.29) is 41.5 Å². The molecule has 11 nitrogen and oxygen atoms in total. The minimum Gasteiger partial charge on any atom is -0.478 e. The van der Waals surface area contributed by atoms with E-state index in [9.17, 15) is 25.0 Å². The zero-order valence-corrected chi connectivity index (χ0v) is 13.2. The molecule has 0 aromatic heterocycles. The number of hydrogen-bond acceptors (Lipinski definition) is 8. The van der Waals surface area contributed by atoms with E-state index in [4.69, 9.17) is 10.2 Å². The summed E-state index contributed by atoms with van der Waals surface area (Å²) >= 11 is 0. The predicted octanol–water partition coefficient (Wildman–Crippen LogP) is 2.35. The van der Waals surface area contributed by atoms with Crippen LogP contribution >= 0.6 is 0 Å². The van der Waals surface area contributed by atoms with Gasteiger partial charge in [-0.1, -0.05) is 0 Å². The molecule has 0 aliphatic rings. The molecular weight excluding hydrogens is 348 g/mol. The number of carbonyl (C=O) groups is 1. The second-order valence-electron chi connectivity index (χ2n) is 5.06. The molecule has 0 atom stereocenters. The van der Waals surface area contributed by atoms with Crippen LogP contribution in [0.4, 0.5) is 28.4 Å². The maximum atomic E-state index is 11.2. The number of rotatable bonds is 8. The van der Waals surface area contributed by atoms with Crippen molar-refractivity contribution < 1.29 is 24.9 Å². The number of anilines is 3. The lowest BCUT2D eigenvalue weighted by Crippen LogP contribution is -2.08. The van der Waals surface area contributed by atoms with Gasteiger partial charge in [0.05, 0.1) is 22.0 Å². The van der Waals surface area contributed by atoms with Gasteiger partial charge in [0.2, 0.25) is 0 Å². The number of hydrogen-bond donors (Lipinski definition) is 4. The maximum Gasteiger partial charge on any atom is 0.335 e. The molecule has 0 bridgehead atoms. The summed E-state index contributed by atoms with van der Waals surface area (Å²) in [6.45, 7) is -0.0883. The average Bonchev–Trinajstić information content (AvgIpc) is 2.60. The van der Waals surface area contributed by atoms with Crippen LogP contribution in [0.25, 0.3) is 0 Å². The Morgan fingerprint density at radius 3 is 2.19 bits per heavy atom. The summed E-state index contributed by atoms with van der Waals surface area (Å²) in [4.78, 5) is 31.9. The number of aliphatic hydroxyl groups is 1. The van der Waals surface area contributed by atoms with E-state index in [2.05, 4.69) is 10.6 Å². The van der Waals surface area contributed by atoms with Gasteiger partial charge in [0.1, 0.15) is 11.4 Å². The zero-order valence-electron chi connectivity index (χ0n) is 13.2. The molecule has 4 N–H and O–H groups in total. The van der Waals surface area contributed by atoms with E-state index in [1.54, 1.807) is 0 Å². The van der Waals surface area contributed by atoms with Crippen LogP contribution in [0.15, 0.2) is 36.4 Å². The minimum atomic E-state index is -1.31. The first-order valence-corrected chi connectivity index (χ1v) is 7.25. The summed E-state index contributed by atoms with van der Waals surface area (Å²) in [6, 6.07) is 7.33. The topological polar surface area (TPSA) is 168 Å². The fraction of sp³-hybridized carbons (Fsp3) is 0.133. The maximum absolute atomic E-state index is 11.2. The first-order chi connectivity index (χ1) is 12.3. The second kappa shape index (κ2) is 7.90. The summed E-state index contributed by atoms with van der Waals surface area (Å²) < 4.78 is 0. The molecule has 2 rings (SSSR count). The first kappa shape index (κ1) is 18.6. The van der Waals surface area contributed by atoms with Crippen LogP contribution in [-0.2, 0) is 0 Å². The molecule has 136 valence electrons. The highest BCUT2D eigenvalue weighted by Crippen LogP contribution is 2.32. The number of carboxylic acids is 1. The second-order valence-corrected chi connectivity index (χ2v) is 5.06. The monoisotopic (exact) mass is 362 g/mol. The number of nitro groups is 2. The molecule has 0 aliphatic carbocycles. The largest absolute Gasteiger partial charge is 0.478 e. The van der Waals surface area contributed by atoms with Crippen molar-refractivity contribution in [1.29, 1.82) is 0 Å². The van der Waals surface area contributed by atoms with Crippen LogP contribution in [0, 0.1) is 20.2 Å². The Balaban J connectivity index is 2.39. The van der Waals surface area contributed by atoms with E-state index in [1.165, 1.54) is 30.3 Å². The van der Waals surface area contributed by atoms with E-state index in [1.807, 2.05) is 0 Å². The fourth-order valence-corrected chi connectivity index (χ4v) is 2.18. The van der Waals surface area contributed by atoms with Crippen molar-refractivity contribution in [2.75, 3.05) is 23.8 Å². The molecule has 0 unspecified atom stereocenters. The van der Waals surface area contributed by atoms with Gasteiger partial charge in [0.25, 0.3) is 11.4 Å². The van der Waals surface area contributed by atoms with Gasteiger partial charge in [-0.2, -0.15) is 0 Å². The lowest BCUT2D eigenvalue weighted by atomic mass is 10.1. The summed E-state index contributed by atoms with van der Waals surface area (Å²) in [7, 11) is 0. The van der Waals surface area contributed by atoms with Crippen LogP contribution in [0.2, 0.25) is 0 Å². The van der Waals surface area contributed by atoms with Crippen molar-refractivity contribution >= 4 is 34.4 Å². The Kier molecular flexibility index (Phi) is 5.65. The molecule has 0 spiro atoms. The molecule has 26 heavy (non-hydrogen) atoms. The third kappa shape index (κ3) is 4.21. The quantitative estimate of drug-likeness (QED) is 0.407. The average molecular weight is 362 g/mol. The highest BCUT2D eigenvalue weighted by Gasteiger charge is 2.19. The van der Waals surface area contributed by atoms with Crippen molar-refractivity contribution in [3.8, 4) is 0 Å². The van der Waals surface area contributed by atoms with E-state index >= 15 is 0 Å². The lowest BCUT2D eigenvalue weighted by Gasteiger charge is -2.10. The minimum absolute atomic E-state index is 0.00892. The summed E-state index contributed by atoms with van der Waals surface area (Å²) in [5.74, 6) is -1.31. The Morgan fingerprint density at radius 2 is 1.62 bits per heavy atom. The predicted molar refractivity (Wildman–Crippen MR) is 92.0 cm³/mol. The van der Waals surface area contributed by atoms with Crippen molar-refractivity contribution in [1.82, 2.24) is 0 Å². The zero-order chi connectivity index (χ0) is 19.3. The number of aliphatic hydroxyl groups excluding tert-OH is 1. The normalized spacial score (nSPS) is 10.2. The number of nitro benzene ring substituents is 2. The number of nitrogens with one attached hydrogen (secondary N) is 2. The van der Waals surface area contributed by atoms with Crippen molar-refractivity contribution in [3.05, 3.63) is 62.2 Å². The van der Waals surface area contributed by atoms with Gasteiger partial charge in [-0.05, 0) is 24.3 Å². The molecule has 0 saturated carbocycles. The summed E-state index contributed by atoms with van der Waals surface area (Å²) in [6.07, 6.45) is 0. The van der Waals surface area contributed by atoms with Crippen molar-refractivity contribution in [2.45, 2.75) is 0 Å². The Bertz CT molecular complexity index is 869. The molecule has 2 aromatic carbocycles.